The van der Waals surface area contributed by atoms with Crippen LogP contribution in [0, 0.1) is 6.92 Å². The number of carbonyl (C=O) groups excluding carboxylic acids is 3. The molecule has 0 aliphatic carbocycles. The molecule has 146 valence electrons. The molecule has 1 fully saturated rings. The van der Waals surface area contributed by atoms with E-state index < -0.39 is 5.97 Å². The van der Waals surface area contributed by atoms with Crippen LogP contribution in [0.25, 0.3) is 6.08 Å². The van der Waals surface area contributed by atoms with Crippen LogP contribution in [0.5, 0.6) is 0 Å². The molecule has 0 atom stereocenters. The van der Waals surface area contributed by atoms with Crippen LogP contribution in [0.1, 0.15) is 20.8 Å². The maximum atomic E-state index is 12.3. The van der Waals surface area contributed by atoms with Crippen molar-refractivity contribution in [2.75, 3.05) is 32.8 Å². The number of aryl methyl sites for hydroxylation is 1. The predicted molar refractivity (Wildman–Crippen MR) is 108 cm³/mol. The average Bonchev–Trinajstić information content (AvgIpc) is 3.25. The quantitative estimate of drug-likeness (QED) is 0.574. The van der Waals surface area contributed by atoms with E-state index in [4.69, 9.17) is 4.74 Å². The van der Waals surface area contributed by atoms with E-state index in [-0.39, 0.29) is 18.4 Å². The molecule has 0 radical (unpaired) electrons. The van der Waals surface area contributed by atoms with Gasteiger partial charge in [-0.15, -0.1) is 11.3 Å². The summed E-state index contributed by atoms with van der Waals surface area (Å²) >= 11 is 1.41. The summed E-state index contributed by atoms with van der Waals surface area (Å²) in [6.07, 6.45) is 2.98. The van der Waals surface area contributed by atoms with E-state index in [2.05, 4.69) is 0 Å². The van der Waals surface area contributed by atoms with Crippen molar-refractivity contribution in [2.45, 2.75) is 6.92 Å². The van der Waals surface area contributed by atoms with Crippen LogP contribution in [-0.4, -0.2) is 60.4 Å². The van der Waals surface area contributed by atoms with Crippen LogP contribution in [-0.2, 0) is 14.3 Å². The van der Waals surface area contributed by atoms with Crippen LogP contribution in [0.15, 0.2) is 47.9 Å². The number of rotatable bonds is 5. The van der Waals surface area contributed by atoms with Crippen LogP contribution in [0.4, 0.5) is 0 Å². The van der Waals surface area contributed by atoms with Gasteiger partial charge in [-0.25, -0.2) is 4.79 Å². The van der Waals surface area contributed by atoms with Crippen LogP contribution >= 0.6 is 11.3 Å². The highest BCUT2D eigenvalue weighted by Crippen LogP contribution is 2.14. The number of thiophene rings is 1. The molecule has 0 spiro atoms. The summed E-state index contributed by atoms with van der Waals surface area (Å²) in [5, 5.41) is 1.87. The van der Waals surface area contributed by atoms with Crippen molar-refractivity contribution in [3.05, 3.63) is 63.9 Å². The highest BCUT2D eigenvalue weighted by atomic mass is 32.1. The number of hydrogen-bond donors (Lipinski definition) is 0. The number of hydrogen-bond acceptors (Lipinski definition) is 5. The molecule has 0 unspecified atom stereocenters. The van der Waals surface area contributed by atoms with E-state index in [0.29, 0.717) is 31.1 Å². The Balaban J connectivity index is 1.42. The molecule has 2 aromatic rings. The molecule has 1 aromatic carbocycles. The molecule has 2 heterocycles. The Labute approximate surface area is 168 Å². The molecule has 3 rings (SSSR count). The molecule has 2 amide bonds. The van der Waals surface area contributed by atoms with E-state index in [1.54, 1.807) is 21.9 Å². The van der Waals surface area contributed by atoms with Crippen molar-refractivity contribution in [3.63, 3.8) is 0 Å². The van der Waals surface area contributed by atoms with Gasteiger partial charge in [0, 0.05) is 32.3 Å². The number of benzene rings is 1. The Bertz CT molecular complexity index is 868. The van der Waals surface area contributed by atoms with Gasteiger partial charge in [0.1, 0.15) is 0 Å². The smallest absolute Gasteiger partial charge is 0.331 e. The Morgan fingerprint density at radius 2 is 1.82 bits per heavy atom. The van der Waals surface area contributed by atoms with Crippen molar-refractivity contribution in [1.29, 1.82) is 0 Å². The molecule has 6 nitrogen and oxygen atoms in total. The summed E-state index contributed by atoms with van der Waals surface area (Å²) in [6, 6.07) is 11.4. The zero-order valence-electron chi connectivity index (χ0n) is 15.7. The first kappa shape index (κ1) is 19.8. The summed E-state index contributed by atoms with van der Waals surface area (Å²) in [4.78, 5) is 40.5. The highest BCUT2D eigenvalue weighted by molar-refractivity contribution is 7.12. The lowest BCUT2D eigenvalue weighted by Crippen LogP contribution is -2.51. The van der Waals surface area contributed by atoms with E-state index in [0.717, 1.165) is 11.1 Å². The minimum absolute atomic E-state index is 0.00480. The SMILES string of the molecule is Cc1cccc(/C=C/C(=O)OCC(=O)N2CCN(C(=O)c3cccs3)CC2)c1. The van der Waals surface area contributed by atoms with Gasteiger partial charge in [-0.3, -0.25) is 9.59 Å². The Morgan fingerprint density at radius 3 is 2.50 bits per heavy atom. The molecular formula is C21H22N2O4S. The van der Waals surface area contributed by atoms with Crippen molar-refractivity contribution in [3.8, 4) is 0 Å². The molecule has 1 saturated heterocycles. The lowest BCUT2D eigenvalue weighted by molar-refractivity contribution is -0.148. The number of amides is 2. The minimum atomic E-state index is -0.554. The summed E-state index contributed by atoms with van der Waals surface area (Å²) in [5.41, 5.74) is 2.00. The van der Waals surface area contributed by atoms with Crippen LogP contribution < -0.4 is 0 Å². The third kappa shape index (κ3) is 5.29. The van der Waals surface area contributed by atoms with E-state index in [9.17, 15) is 14.4 Å². The molecule has 1 aliphatic rings. The van der Waals surface area contributed by atoms with Crippen LogP contribution in [0.2, 0.25) is 0 Å². The number of esters is 1. The van der Waals surface area contributed by atoms with Gasteiger partial charge in [-0.05, 0) is 30.0 Å². The lowest BCUT2D eigenvalue weighted by atomic mass is 10.1. The molecule has 0 saturated carbocycles. The second kappa shape index (κ2) is 9.32. The van der Waals surface area contributed by atoms with Gasteiger partial charge in [-0.1, -0.05) is 35.9 Å². The first-order valence-electron chi connectivity index (χ1n) is 9.05. The van der Waals surface area contributed by atoms with Gasteiger partial charge >= 0.3 is 5.97 Å². The van der Waals surface area contributed by atoms with Gasteiger partial charge in [-0.2, -0.15) is 0 Å². The topological polar surface area (TPSA) is 66.9 Å². The van der Waals surface area contributed by atoms with Gasteiger partial charge in [0.25, 0.3) is 11.8 Å². The Morgan fingerprint density at radius 1 is 1.07 bits per heavy atom. The third-order valence-corrected chi connectivity index (χ3v) is 5.30. The highest BCUT2D eigenvalue weighted by Gasteiger charge is 2.25. The van der Waals surface area contributed by atoms with Crippen molar-refractivity contribution in [2.24, 2.45) is 0 Å². The number of carbonyl (C=O) groups is 3. The van der Waals surface area contributed by atoms with Crippen molar-refractivity contribution < 1.29 is 19.1 Å². The average molecular weight is 398 g/mol. The molecule has 1 aromatic heterocycles. The fourth-order valence-electron chi connectivity index (χ4n) is 2.93. The molecule has 28 heavy (non-hydrogen) atoms. The maximum absolute atomic E-state index is 12.3. The summed E-state index contributed by atoms with van der Waals surface area (Å²) in [6.45, 7) is 3.50. The molecule has 0 bridgehead atoms. The van der Waals surface area contributed by atoms with Crippen LogP contribution in [0.3, 0.4) is 0 Å². The fourth-order valence-corrected chi connectivity index (χ4v) is 3.62. The fraction of sp³-hybridized carbons (Fsp3) is 0.286. The van der Waals surface area contributed by atoms with Gasteiger partial charge in [0.2, 0.25) is 0 Å². The zero-order chi connectivity index (χ0) is 19.9. The zero-order valence-corrected chi connectivity index (χ0v) is 16.5. The molecule has 1 aliphatic heterocycles. The summed E-state index contributed by atoms with van der Waals surface area (Å²) in [5.74, 6) is -0.809. The number of ether oxygens (including phenoxy) is 1. The minimum Gasteiger partial charge on any atom is -0.452 e. The van der Waals surface area contributed by atoms with E-state index >= 15 is 0 Å². The monoisotopic (exact) mass is 398 g/mol. The van der Waals surface area contributed by atoms with Gasteiger partial charge in [0.05, 0.1) is 4.88 Å². The lowest BCUT2D eigenvalue weighted by Gasteiger charge is -2.34. The normalized spacial score (nSPS) is 14.3. The standard InChI is InChI=1S/C21H22N2O4S/c1-16-4-2-5-17(14-16)7-8-20(25)27-15-19(24)22-9-11-23(12-10-22)21(26)18-6-3-13-28-18/h2-8,13-14H,9-12,15H2,1H3/b8-7+. The summed E-state index contributed by atoms with van der Waals surface area (Å²) < 4.78 is 5.05. The van der Waals surface area contributed by atoms with Gasteiger partial charge in [0.15, 0.2) is 6.61 Å². The molecule has 0 N–H and O–H groups in total. The first-order valence-corrected chi connectivity index (χ1v) is 9.93. The Hall–Kier alpha value is -2.93. The molecular weight excluding hydrogens is 376 g/mol. The summed E-state index contributed by atoms with van der Waals surface area (Å²) in [7, 11) is 0. The van der Waals surface area contributed by atoms with Gasteiger partial charge < -0.3 is 14.5 Å². The van der Waals surface area contributed by atoms with E-state index in [1.165, 1.54) is 17.4 Å². The number of piperazine rings is 1. The predicted octanol–water partition coefficient (Wildman–Crippen LogP) is 2.60. The second-order valence-corrected chi connectivity index (χ2v) is 7.45. The second-order valence-electron chi connectivity index (χ2n) is 6.51. The number of nitrogens with zero attached hydrogens (tertiary/aromatic N) is 2. The third-order valence-electron chi connectivity index (χ3n) is 4.44. The van der Waals surface area contributed by atoms with Crippen molar-refractivity contribution >= 4 is 35.2 Å². The molecule has 7 heteroatoms. The Kier molecular flexibility index (Phi) is 6.60. The maximum Gasteiger partial charge on any atom is 0.331 e. The first-order chi connectivity index (χ1) is 13.5. The van der Waals surface area contributed by atoms with Crippen molar-refractivity contribution in [1.82, 2.24) is 9.80 Å². The van der Waals surface area contributed by atoms with E-state index in [1.807, 2.05) is 42.6 Å². The largest absolute Gasteiger partial charge is 0.452 e.